The number of pyridine rings is 1. The standard InChI is InChI=1S/C12H7ClN2O2/c13-8-3-4-14-12-10(8)7(6-15-12)11(16)9-2-1-5-17-9/h1-6H,(H,14,15). The van der Waals surface area contributed by atoms with Crippen molar-refractivity contribution in [2.24, 2.45) is 0 Å². The highest BCUT2D eigenvalue weighted by Crippen LogP contribution is 2.26. The molecule has 0 spiro atoms. The molecule has 3 aromatic rings. The van der Waals surface area contributed by atoms with Crippen LogP contribution in [-0.2, 0) is 0 Å². The van der Waals surface area contributed by atoms with E-state index in [0.717, 1.165) is 0 Å². The molecule has 0 aliphatic carbocycles. The third-order valence-electron chi connectivity index (χ3n) is 2.51. The molecule has 0 aliphatic heterocycles. The van der Waals surface area contributed by atoms with Crippen molar-refractivity contribution in [2.45, 2.75) is 0 Å². The van der Waals surface area contributed by atoms with E-state index in [-0.39, 0.29) is 11.5 Å². The lowest BCUT2D eigenvalue weighted by Gasteiger charge is -1.97. The number of aromatic nitrogens is 2. The zero-order chi connectivity index (χ0) is 11.8. The van der Waals surface area contributed by atoms with Crippen molar-refractivity contribution in [1.29, 1.82) is 0 Å². The first-order chi connectivity index (χ1) is 8.27. The smallest absolute Gasteiger partial charge is 0.230 e. The lowest BCUT2D eigenvalue weighted by Crippen LogP contribution is -1.98. The number of halogens is 1. The second-order valence-corrected chi connectivity index (χ2v) is 3.93. The number of aromatic amines is 1. The van der Waals surface area contributed by atoms with Crippen LogP contribution in [0.5, 0.6) is 0 Å². The number of ketones is 1. The molecule has 3 aromatic heterocycles. The molecule has 17 heavy (non-hydrogen) atoms. The number of nitrogens with one attached hydrogen (secondary N) is 1. The lowest BCUT2D eigenvalue weighted by molar-refractivity contribution is 0.101. The number of H-pyrrole nitrogens is 1. The summed E-state index contributed by atoms with van der Waals surface area (Å²) in [5, 5.41) is 1.11. The maximum absolute atomic E-state index is 12.1. The molecule has 0 saturated heterocycles. The summed E-state index contributed by atoms with van der Waals surface area (Å²) in [6.07, 6.45) is 4.64. The van der Waals surface area contributed by atoms with E-state index >= 15 is 0 Å². The minimum atomic E-state index is -0.212. The Labute approximate surface area is 101 Å². The molecule has 5 heteroatoms. The molecule has 0 radical (unpaired) electrons. The van der Waals surface area contributed by atoms with Gasteiger partial charge in [0.05, 0.1) is 16.8 Å². The van der Waals surface area contributed by atoms with Gasteiger partial charge < -0.3 is 9.40 Å². The molecule has 1 N–H and O–H groups in total. The number of carbonyl (C=O) groups is 1. The van der Waals surface area contributed by atoms with Crippen molar-refractivity contribution in [2.75, 3.05) is 0 Å². The molecule has 0 saturated carbocycles. The highest BCUT2D eigenvalue weighted by Gasteiger charge is 2.18. The first-order valence-electron chi connectivity index (χ1n) is 4.97. The van der Waals surface area contributed by atoms with Crippen molar-refractivity contribution in [1.82, 2.24) is 9.97 Å². The van der Waals surface area contributed by atoms with Crippen LogP contribution < -0.4 is 0 Å². The molecular weight excluding hydrogens is 240 g/mol. The summed E-state index contributed by atoms with van der Waals surface area (Å²) in [7, 11) is 0. The number of hydrogen-bond donors (Lipinski definition) is 1. The van der Waals surface area contributed by atoms with Crippen molar-refractivity contribution >= 4 is 28.4 Å². The van der Waals surface area contributed by atoms with Crippen LogP contribution in [0.4, 0.5) is 0 Å². The summed E-state index contributed by atoms with van der Waals surface area (Å²) in [4.78, 5) is 19.2. The summed E-state index contributed by atoms with van der Waals surface area (Å²) in [5.41, 5.74) is 1.06. The second kappa shape index (κ2) is 3.75. The molecule has 0 bridgehead atoms. The Balaban J connectivity index is 2.22. The van der Waals surface area contributed by atoms with Gasteiger partial charge in [0.25, 0.3) is 0 Å². The third-order valence-corrected chi connectivity index (χ3v) is 2.83. The normalized spacial score (nSPS) is 10.9. The lowest BCUT2D eigenvalue weighted by atomic mass is 10.1. The summed E-state index contributed by atoms with van der Waals surface area (Å²) >= 11 is 6.07. The van der Waals surface area contributed by atoms with Crippen LogP contribution in [-0.4, -0.2) is 15.8 Å². The quantitative estimate of drug-likeness (QED) is 0.707. The Morgan fingerprint density at radius 2 is 2.29 bits per heavy atom. The van der Waals surface area contributed by atoms with Gasteiger partial charge in [-0.3, -0.25) is 4.79 Å². The zero-order valence-electron chi connectivity index (χ0n) is 8.61. The number of rotatable bonds is 2. The number of fused-ring (bicyclic) bond motifs is 1. The molecule has 0 amide bonds. The summed E-state index contributed by atoms with van der Waals surface area (Å²) in [5.74, 6) is 0.0713. The molecule has 0 fully saturated rings. The van der Waals surface area contributed by atoms with Gasteiger partial charge in [0, 0.05) is 17.8 Å². The summed E-state index contributed by atoms with van der Waals surface area (Å²) in [6.45, 7) is 0. The Bertz CT molecular complexity index is 686. The van der Waals surface area contributed by atoms with E-state index in [1.165, 1.54) is 6.26 Å². The molecular formula is C12H7ClN2O2. The van der Waals surface area contributed by atoms with Crippen LogP contribution >= 0.6 is 11.6 Å². The molecule has 4 nitrogen and oxygen atoms in total. The van der Waals surface area contributed by atoms with Crippen molar-refractivity contribution in [3.8, 4) is 0 Å². The van der Waals surface area contributed by atoms with Gasteiger partial charge in [-0.15, -0.1) is 0 Å². The monoisotopic (exact) mass is 246 g/mol. The Kier molecular flexibility index (Phi) is 2.23. The van der Waals surface area contributed by atoms with Crippen molar-refractivity contribution in [3.05, 3.63) is 53.2 Å². The average Bonchev–Trinajstić information content (AvgIpc) is 2.98. The van der Waals surface area contributed by atoms with Gasteiger partial charge >= 0.3 is 0 Å². The van der Waals surface area contributed by atoms with Gasteiger partial charge in [-0.2, -0.15) is 0 Å². The van der Waals surface area contributed by atoms with E-state index in [1.54, 1.807) is 30.6 Å². The molecule has 0 atom stereocenters. The Hall–Kier alpha value is -2.07. The van der Waals surface area contributed by atoms with Crippen LogP contribution in [0.2, 0.25) is 5.02 Å². The Morgan fingerprint density at radius 1 is 1.41 bits per heavy atom. The summed E-state index contributed by atoms with van der Waals surface area (Å²) < 4.78 is 5.08. The van der Waals surface area contributed by atoms with Gasteiger partial charge in [-0.05, 0) is 18.2 Å². The molecule has 3 rings (SSSR count). The first kappa shape index (κ1) is 10.1. The van der Waals surface area contributed by atoms with E-state index in [0.29, 0.717) is 21.6 Å². The minimum absolute atomic E-state index is 0.212. The topological polar surface area (TPSA) is 58.9 Å². The number of carbonyl (C=O) groups excluding carboxylic acids is 1. The van der Waals surface area contributed by atoms with E-state index < -0.39 is 0 Å². The second-order valence-electron chi connectivity index (χ2n) is 3.53. The fourth-order valence-electron chi connectivity index (χ4n) is 1.74. The SMILES string of the molecule is O=C(c1ccco1)c1c[nH]c2nccc(Cl)c12. The fraction of sp³-hybridized carbons (Fsp3) is 0. The maximum atomic E-state index is 12.1. The highest BCUT2D eigenvalue weighted by atomic mass is 35.5. The largest absolute Gasteiger partial charge is 0.461 e. The van der Waals surface area contributed by atoms with Gasteiger partial charge in [-0.25, -0.2) is 4.98 Å². The van der Waals surface area contributed by atoms with Crippen LogP contribution in [0.1, 0.15) is 16.1 Å². The van der Waals surface area contributed by atoms with Crippen LogP contribution in [0.15, 0.2) is 41.3 Å². The molecule has 3 heterocycles. The minimum Gasteiger partial charge on any atom is -0.461 e. The highest BCUT2D eigenvalue weighted by molar-refractivity contribution is 6.37. The number of furan rings is 1. The third kappa shape index (κ3) is 1.54. The number of nitrogens with zero attached hydrogens (tertiary/aromatic N) is 1. The van der Waals surface area contributed by atoms with Gasteiger partial charge in [0.15, 0.2) is 5.76 Å². The van der Waals surface area contributed by atoms with Gasteiger partial charge in [-0.1, -0.05) is 11.6 Å². The number of hydrogen-bond acceptors (Lipinski definition) is 3. The Morgan fingerprint density at radius 3 is 3.06 bits per heavy atom. The maximum Gasteiger partial charge on any atom is 0.230 e. The van der Waals surface area contributed by atoms with Gasteiger partial charge in [0.2, 0.25) is 5.78 Å². The predicted molar refractivity (Wildman–Crippen MR) is 63.2 cm³/mol. The summed E-state index contributed by atoms with van der Waals surface area (Å²) in [6, 6.07) is 4.93. The van der Waals surface area contributed by atoms with Gasteiger partial charge in [0.1, 0.15) is 5.65 Å². The first-order valence-corrected chi connectivity index (χ1v) is 5.35. The molecule has 0 aliphatic rings. The van der Waals surface area contributed by atoms with Crippen LogP contribution in [0.25, 0.3) is 11.0 Å². The van der Waals surface area contributed by atoms with E-state index in [9.17, 15) is 4.79 Å². The van der Waals surface area contributed by atoms with E-state index in [2.05, 4.69) is 9.97 Å². The average molecular weight is 247 g/mol. The predicted octanol–water partition coefficient (Wildman–Crippen LogP) is 3.04. The molecule has 84 valence electrons. The van der Waals surface area contributed by atoms with Crippen molar-refractivity contribution < 1.29 is 9.21 Å². The van der Waals surface area contributed by atoms with E-state index in [4.69, 9.17) is 16.0 Å². The molecule has 0 unspecified atom stereocenters. The van der Waals surface area contributed by atoms with Crippen molar-refractivity contribution in [3.63, 3.8) is 0 Å². The molecule has 0 aromatic carbocycles. The van der Waals surface area contributed by atoms with E-state index in [1.807, 2.05) is 0 Å². The fourth-order valence-corrected chi connectivity index (χ4v) is 1.98. The van der Waals surface area contributed by atoms with Crippen LogP contribution in [0, 0.1) is 0 Å². The van der Waals surface area contributed by atoms with Crippen LogP contribution in [0.3, 0.4) is 0 Å². The zero-order valence-corrected chi connectivity index (χ0v) is 9.36.